The maximum atomic E-state index is 6.79. The van der Waals surface area contributed by atoms with Crippen LogP contribution >= 0.6 is 0 Å². The number of hydrogen-bond acceptors (Lipinski definition) is 6. The van der Waals surface area contributed by atoms with Gasteiger partial charge in [-0.3, -0.25) is 0 Å². The fourth-order valence-corrected chi connectivity index (χ4v) is 22.7. The maximum Gasteiger partial charge on any atom is 0.252 e. The van der Waals surface area contributed by atoms with Gasteiger partial charge in [-0.15, -0.1) is 0 Å². The highest BCUT2D eigenvalue weighted by Crippen LogP contribution is 2.57. The predicted octanol–water partition coefficient (Wildman–Crippen LogP) is 32.8. The fraction of sp³-hybridized carbons (Fsp3) is 0.0645. The smallest absolute Gasteiger partial charge is 0.252 e. The Bertz CT molecular complexity index is 8760. The molecule has 9 heteroatoms. The number of para-hydroxylation sites is 8. The van der Waals surface area contributed by atoms with E-state index in [4.69, 9.17) is 17.7 Å². The minimum Gasteiger partial charge on any atom is -0.456 e. The van der Waals surface area contributed by atoms with Crippen LogP contribution in [0.5, 0.6) is 0 Å². The van der Waals surface area contributed by atoms with Gasteiger partial charge in [-0.1, -0.05) is 302 Å². The lowest BCUT2D eigenvalue weighted by Crippen LogP contribution is -2.61. The van der Waals surface area contributed by atoms with Gasteiger partial charge in [0.15, 0.2) is 0 Å². The molecule has 626 valence electrons. The number of hydrogen-bond donors (Lipinski definition) is 0. The van der Waals surface area contributed by atoms with E-state index in [9.17, 15) is 0 Å². The van der Waals surface area contributed by atoms with E-state index in [1.807, 2.05) is 0 Å². The molecule has 2 aliphatic rings. The third-order valence-electron chi connectivity index (χ3n) is 28.9. The number of nitrogens with zero attached hydrogens (tertiary/aromatic N) is 4. The Labute approximate surface area is 766 Å². The molecule has 0 unspecified atom stereocenters. The first-order chi connectivity index (χ1) is 65.2. The highest BCUT2D eigenvalue weighted by molar-refractivity contribution is 7.00. The van der Waals surface area contributed by atoms with Crippen molar-refractivity contribution in [3.63, 3.8) is 0 Å². The molecule has 0 aliphatic carbocycles. The Kier molecular flexibility index (Phi) is 15.8. The van der Waals surface area contributed by atoms with Crippen LogP contribution in [0, 0.1) is 0 Å². The number of anilines is 6. The van der Waals surface area contributed by atoms with E-state index in [1.165, 1.54) is 54.2 Å². The van der Waals surface area contributed by atoms with E-state index >= 15 is 0 Å². The normalized spacial score (nSPS) is 13.0. The SMILES string of the molecule is CC(C)(C)c1cc(-c2cc3c4c(c2)N(c2c(-c5ccc6oc7ccccc7c6c5)cccc2-c2ccc5oc6ccccc6c5c2)c2cc(-n5c6ccccc6c6c7ccccc7ccc65)ccc2B4c2ccc(-n4c5ccccc5c5c6ccccc6ccc54)cc2N3c2c(-c3ccc4oc5ccccc5c4c3)cccc2-c2ccc3oc4ccccc4c3c2)cc(C(C)(C)C)c1. The second-order valence-corrected chi connectivity index (χ2v) is 38.5. The van der Waals surface area contributed by atoms with Crippen LogP contribution in [-0.2, 0) is 10.8 Å². The van der Waals surface area contributed by atoms with Gasteiger partial charge in [0.05, 0.1) is 33.4 Å². The number of benzene rings is 20. The molecule has 0 saturated heterocycles. The van der Waals surface area contributed by atoms with Crippen molar-refractivity contribution in [1.29, 1.82) is 0 Å². The summed E-state index contributed by atoms with van der Waals surface area (Å²) in [5.74, 6) is 0. The molecule has 0 saturated carbocycles. The quantitative estimate of drug-likeness (QED) is 0.134. The fourth-order valence-electron chi connectivity index (χ4n) is 22.7. The first kappa shape index (κ1) is 75.4. The van der Waals surface area contributed by atoms with Gasteiger partial charge in [0.2, 0.25) is 0 Å². The molecule has 28 rings (SSSR count). The second-order valence-electron chi connectivity index (χ2n) is 38.5. The topological polar surface area (TPSA) is 68.9 Å². The van der Waals surface area contributed by atoms with Crippen molar-refractivity contribution >= 4 is 210 Å². The van der Waals surface area contributed by atoms with Gasteiger partial charge in [0.1, 0.15) is 44.7 Å². The summed E-state index contributed by atoms with van der Waals surface area (Å²) in [4.78, 5) is 5.45. The van der Waals surface area contributed by atoms with Crippen LogP contribution in [0.25, 0.3) is 220 Å². The Balaban J connectivity index is 0.823. The van der Waals surface area contributed by atoms with E-state index in [1.54, 1.807) is 0 Å². The van der Waals surface area contributed by atoms with Crippen LogP contribution in [-0.4, -0.2) is 15.8 Å². The molecule has 20 aromatic carbocycles. The summed E-state index contributed by atoms with van der Waals surface area (Å²) in [7, 11) is 0. The highest BCUT2D eigenvalue weighted by Gasteiger charge is 2.47. The van der Waals surface area contributed by atoms with Crippen molar-refractivity contribution in [3.8, 4) is 67.0 Å². The van der Waals surface area contributed by atoms with Crippen molar-refractivity contribution in [2.45, 2.75) is 52.4 Å². The summed E-state index contributed by atoms with van der Waals surface area (Å²) in [6, 6.07) is 148. The average Bonchev–Trinajstić information content (AvgIpc) is 0.985. The molecule has 6 aromatic heterocycles. The zero-order valence-electron chi connectivity index (χ0n) is 74.0. The number of rotatable bonds is 9. The van der Waals surface area contributed by atoms with E-state index in [0.717, 1.165) is 227 Å². The molecule has 0 fully saturated rings. The van der Waals surface area contributed by atoms with Gasteiger partial charge in [0.25, 0.3) is 6.71 Å². The van der Waals surface area contributed by atoms with Crippen LogP contribution in [0.1, 0.15) is 52.7 Å². The highest BCUT2D eigenvalue weighted by atomic mass is 16.3. The number of fused-ring (bicyclic) bond motifs is 26. The van der Waals surface area contributed by atoms with Crippen LogP contribution in [0.3, 0.4) is 0 Å². The van der Waals surface area contributed by atoms with Gasteiger partial charge in [-0.05, 0) is 227 Å². The minimum atomic E-state index is -0.411. The number of aromatic nitrogens is 2. The standard InChI is InChI=1S/C124H83BN4O4/c1-123(2,3)80-61-78(62-81(69-80)124(4,5)6)79-67-108-120-109(68-79)129(122-88(76-49-59-116-98(65-76)92-31-15-21-43-112(92)132-116)37-24-38-89(122)77-50-60-117-99(66-77)93-32-16-22-44-113(93)133-117)107-71-83(127-103-40-18-12-34-95(103)119-85-28-10-8-26-73(85)46-56-105(119)127)52-54-101(107)125(120)100-53-51-82(126-102-39-17-11-33-94(102)118-84-27-9-7-25-72(84)45-55-104(118)126)70-106(100)128(108)121-86(74-47-57-114-96(63-74)90-29-13-19-41-110(90)130-114)35-23-36-87(121)75-48-58-115-97(64-75)91-30-14-20-42-111(91)131-115/h7-71H,1-6H3. The molecule has 8 heterocycles. The zero-order valence-corrected chi connectivity index (χ0v) is 74.0. The van der Waals surface area contributed by atoms with E-state index in [2.05, 4.69) is 455 Å². The molecule has 0 amide bonds. The summed E-state index contributed by atoms with van der Waals surface area (Å²) in [6.07, 6.45) is 0. The molecule has 0 bridgehead atoms. The molecular weight excluding hydrogens is 1620 g/mol. The molecule has 0 N–H and O–H groups in total. The van der Waals surface area contributed by atoms with Crippen LogP contribution < -0.4 is 26.2 Å². The molecule has 26 aromatic rings. The lowest BCUT2D eigenvalue weighted by atomic mass is 9.33. The van der Waals surface area contributed by atoms with Crippen LogP contribution in [0.15, 0.2) is 412 Å². The first-order valence-electron chi connectivity index (χ1n) is 46.2. The van der Waals surface area contributed by atoms with Crippen LogP contribution in [0.2, 0.25) is 0 Å². The summed E-state index contributed by atoms with van der Waals surface area (Å²) in [6.45, 7) is 13.8. The zero-order chi connectivity index (χ0) is 88.1. The third-order valence-corrected chi connectivity index (χ3v) is 28.9. The van der Waals surface area contributed by atoms with E-state index in [-0.39, 0.29) is 10.8 Å². The van der Waals surface area contributed by atoms with Crippen molar-refractivity contribution in [2.24, 2.45) is 0 Å². The Morgan fingerprint density at radius 2 is 0.534 bits per heavy atom. The van der Waals surface area contributed by atoms with Gasteiger partial charge in [-0.25, -0.2) is 0 Å². The van der Waals surface area contributed by atoms with Gasteiger partial charge >= 0.3 is 0 Å². The van der Waals surface area contributed by atoms with Crippen molar-refractivity contribution in [1.82, 2.24) is 9.13 Å². The van der Waals surface area contributed by atoms with Gasteiger partial charge in [0, 0.05) is 121 Å². The van der Waals surface area contributed by atoms with Crippen molar-refractivity contribution in [3.05, 3.63) is 405 Å². The van der Waals surface area contributed by atoms with Crippen molar-refractivity contribution in [2.75, 3.05) is 9.80 Å². The first-order valence-corrected chi connectivity index (χ1v) is 46.2. The Morgan fingerprint density at radius 3 is 0.895 bits per heavy atom. The average molecular weight is 1700 g/mol. The summed E-state index contributed by atoms with van der Waals surface area (Å²) < 4.78 is 32.2. The van der Waals surface area contributed by atoms with Gasteiger partial charge in [-0.2, -0.15) is 0 Å². The summed E-state index contributed by atoms with van der Waals surface area (Å²) in [5, 5.41) is 18.0. The minimum absolute atomic E-state index is 0.252. The van der Waals surface area contributed by atoms with Gasteiger partial charge < -0.3 is 36.6 Å². The maximum absolute atomic E-state index is 6.79. The van der Waals surface area contributed by atoms with E-state index < -0.39 is 6.71 Å². The van der Waals surface area contributed by atoms with E-state index in [0.29, 0.717) is 0 Å². The summed E-state index contributed by atoms with van der Waals surface area (Å²) in [5.41, 5.74) is 35.4. The third kappa shape index (κ3) is 11.2. The van der Waals surface area contributed by atoms with Crippen LogP contribution in [0.4, 0.5) is 34.1 Å². The predicted molar refractivity (Wildman–Crippen MR) is 558 cm³/mol. The largest absolute Gasteiger partial charge is 0.456 e. The molecule has 0 spiro atoms. The summed E-state index contributed by atoms with van der Waals surface area (Å²) >= 11 is 0. The Morgan fingerprint density at radius 1 is 0.218 bits per heavy atom. The molecule has 0 atom stereocenters. The number of furan rings is 4. The molecule has 0 radical (unpaired) electrons. The second kappa shape index (κ2) is 28.0. The van der Waals surface area contributed by atoms with Crippen molar-refractivity contribution < 1.29 is 17.7 Å². The molecule has 2 aliphatic heterocycles. The monoisotopic (exact) mass is 1700 g/mol. The molecule has 133 heavy (non-hydrogen) atoms. The Hall–Kier alpha value is -16.6. The lowest BCUT2D eigenvalue weighted by Gasteiger charge is -2.46. The molecular formula is C124H83BN4O4. The lowest BCUT2D eigenvalue weighted by molar-refractivity contribution is 0.569. The molecule has 8 nitrogen and oxygen atoms in total.